The molecule has 4 rings (SSSR count). The second-order valence-corrected chi connectivity index (χ2v) is 8.69. The molecule has 8 heteroatoms. The number of hydrogen-bond donors (Lipinski definition) is 1. The molecule has 1 N–H and O–H groups in total. The van der Waals surface area contributed by atoms with Crippen molar-refractivity contribution in [2.24, 2.45) is 0 Å². The number of carbonyl (C=O) groups is 2. The van der Waals surface area contributed by atoms with Crippen LogP contribution in [0.4, 0.5) is 5.95 Å². The highest BCUT2D eigenvalue weighted by Crippen LogP contribution is 2.26. The van der Waals surface area contributed by atoms with Crippen LogP contribution in [0, 0.1) is 0 Å². The number of aromatic nitrogens is 2. The number of nitrogens with one attached hydrogen (secondary N) is 1. The summed E-state index contributed by atoms with van der Waals surface area (Å²) in [5, 5.41) is 2.91. The summed E-state index contributed by atoms with van der Waals surface area (Å²) in [6.45, 7) is 3.61. The van der Waals surface area contributed by atoms with Gasteiger partial charge in [0.2, 0.25) is 11.9 Å². The molecule has 0 bridgehead atoms. The lowest BCUT2D eigenvalue weighted by molar-refractivity contribution is -0.117. The topological polar surface area (TPSA) is 85.7 Å². The molecule has 0 spiro atoms. The van der Waals surface area contributed by atoms with E-state index in [0.29, 0.717) is 23.0 Å². The van der Waals surface area contributed by atoms with Gasteiger partial charge in [0.15, 0.2) is 0 Å². The lowest BCUT2D eigenvalue weighted by Crippen LogP contribution is -2.42. The highest BCUT2D eigenvalue weighted by Gasteiger charge is 2.23. The molecular weight excluding hydrogens is 468 g/mol. The number of amides is 2. The van der Waals surface area contributed by atoms with E-state index in [1.54, 1.807) is 38.5 Å². The predicted molar refractivity (Wildman–Crippen MR) is 143 cm³/mol. The number of hydrogen-bond acceptors (Lipinski definition) is 5. The Morgan fingerprint density at radius 2 is 1.62 bits per heavy atom. The standard InChI is InChI=1S/C29H30N4O4/c1-20(2)32(28(35)22-9-8-12-25(17-22)37-4)19-27(34)31-29-30-26(21-13-15-24(36-3)16-14-21)18-33(29)23-10-6-5-7-11-23/h5-18,20H,19H2,1-4H3,(H,30,31,34). The fourth-order valence-corrected chi connectivity index (χ4v) is 3.88. The van der Waals surface area contributed by atoms with Crippen molar-refractivity contribution in [3.05, 3.63) is 90.6 Å². The van der Waals surface area contributed by atoms with Crippen molar-refractivity contribution in [2.45, 2.75) is 19.9 Å². The second kappa shape index (κ2) is 11.4. The summed E-state index contributed by atoms with van der Waals surface area (Å²) in [6, 6.07) is 23.9. The fraction of sp³-hybridized carbons (Fsp3) is 0.207. The van der Waals surface area contributed by atoms with Crippen LogP contribution in [-0.2, 0) is 4.79 Å². The van der Waals surface area contributed by atoms with E-state index in [1.165, 1.54) is 4.90 Å². The summed E-state index contributed by atoms with van der Waals surface area (Å²) in [4.78, 5) is 32.6. The van der Waals surface area contributed by atoms with Gasteiger partial charge in [-0.15, -0.1) is 0 Å². The summed E-state index contributed by atoms with van der Waals surface area (Å²) < 4.78 is 12.3. The summed E-state index contributed by atoms with van der Waals surface area (Å²) in [7, 11) is 3.17. The van der Waals surface area contributed by atoms with Crippen LogP contribution in [0.1, 0.15) is 24.2 Å². The Morgan fingerprint density at radius 3 is 2.27 bits per heavy atom. The van der Waals surface area contributed by atoms with Gasteiger partial charge in [0.05, 0.1) is 19.9 Å². The van der Waals surface area contributed by atoms with Crippen molar-refractivity contribution >= 4 is 17.8 Å². The molecule has 0 fully saturated rings. The molecule has 0 saturated heterocycles. The van der Waals surface area contributed by atoms with Gasteiger partial charge in [-0.25, -0.2) is 4.98 Å². The van der Waals surface area contributed by atoms with Gasteiger partial charge in [-0.2, -0.15) is 0 Å². The molecule has 0 aliphatic rings. The molecule has 1 aromatic heterocycles. The van der Waals surface area contributed by atoms with Gasteiger partial charge >= 0.3 is 0 Å². The molecule has 37 heavy (non-hydrogen) atoms. The summed E-state index contributed by atoms with van der Waals surface area (Å²) in [6.07, 6.45) is 1.87. The summed E-state index contributed by atoms with van der Waals surface area (Å²) in [5.41, 5.74) is 2.87. The molecule has 0 unspecified atom stereocenters. The van der Waals surface area contributed by atoms with Gasteiger partial charge in [0.1, 0.15) is 18.0 Å². The van der Waals surface area contributed by atoms with Crippen LogP contribution < -0.4 is 14.8 Å². The van der Waals surface area contributed by atoms with E-state index in [4.69, 9.17) is 14.5 Å². The lowest BCUT2D eigenvalue weighted by atomic mass is 10.1. The Balaban J connectivity index is 1.60. The highest BCUT2D eigenvalue weighted by atomic mass is 16.5. The smallest absolute Gasteiger partial charge is 0.254 e. The SMILES string of the molecule is COc1ccc(-c2cn(-c3ccccc3)c(NC(=O)CN(C(=O)c3cccc(OC)c3)C(C)C)n2)cc1. The number of rotatable bonds is 9. The highest BCUT2D eigenvalue weighted by molar-refractivity contribution is 5.99. The molecule has 190 valence electrons. The Hall–Kier alpha value is -4.59. The number of carbonyl (C=O) groups excluding carboxylic acids is 2. The van der Waals surface area contributed by atoms with Crippen molar-refractivity contribution in [2.75, 3.05) is 26.1 Å². The predicted octanol–water partition coefficient (Wildman–Crippen LogP) is 5.05. The van der Waals surface area contributed by atoms with Crippen LogP contribution in [0.15, 0.2) is 85.1 Å². The number of anilines is 1. The van der Waals surface area contributed by atoms with Crippen molar-refractivity contribution < 1.29 is 19.1 Å². The second-order valence-electron chi connectivity index (χ2n) is 8.69. The maximum atomic E-state index is 13.2. The largest absolute Gasteiger partial charge is 0.497 e. The fourth-order valence-electron chi connectivity index (χ4n) is 3.88. The third-order valence-electron chi connectivity index (χ3n) is 5.89. The van der Waals surface area contributed by atoms with E-state index in [0.717, 1.165) is 17.0 Å². The van der Waals surface area contributed by atoms with Gasteiger partial charge in [-0.3, -0.25) is 19.5 Å². The van der Waals surface area contributed by atoms with Crippen LogP contribution in [0.5, 0.6) is 11.5 Å². The zero-order valence-electron chi connectivity index (χ0n) is 21.3. The van der Waals surface area contributed by atoms with E-state index in [-0.39, 0.29) is 24.4 Å². The Labute approximate surface area is 216 Å². The molecule has 3 aromatic carbocycles. The van der Waals surface area contributed by atoms with E-state index >= 15 is 0 Å². The molecule has 0 aliphatic carbocycles. The van der Waals surface area contributed by atoms with E-state index in [9.17, 15) is 9.59 Å². The number of para-hydroxylation sites is 1. The number of ether oxygens (including phenoxy) is 2. The van der Waals surface area contributed by atoms with Gasteiger partial charge in [0, 0.05) is 29.1 Å². The van der Waals surface area contributed by atoms with Crippen molar-refractivity contribution in [1.82, 2.24) is 14.5 Å². The molecule has 0 saturated carbocycles. The zero-order valence-corrected chi connectivity index (χ0v) is 21.3. The zero-order chi connectivity index (χ0) is 26.4. The first kappa shape index (κ1) is 25.5. The van der Waals surface area contributed by atoms with E-state index < -0.39 is 0 Å². The van der Waals surface area contributed by atoms with Gasteiger partial charge in [0.25, 0.3) is 5.91 Å². The third-order valence-corrected chi connectivity index (χ3v) is 5.89. The van der Waals surface area contributed by atoms with Gasteiger partial charge in [-0.1, -0.05) is 24.3 Å². The van der Waals surface area contributed by atoms with Crippen molar-refractivity contribution in [3.8, 4) is 28.4 Å². The van der Waals surface area contributed by atoms with Crippen LogP contribution in [0.25, 0.3) is 16.9 Å². The monoisotopic (exact) mass is 498 g/mol. The van der Waals surface area contributed by atoms with Crippen LogP contribution >= 0.6 is 0 Å². The first-order valence-corrected chi connectivity index (χ1v) is 11.9. The minimum absolute atomic E-state index is 0.132. The molecule has 1 heterocycles. The third kappa shape index (κ3) is 5.98. The average Bonchev–Trinajstić information content (AvgIpc) is 3.35. The number of benzene rings is 3. The minimum atomic E-state index is -0.353. The Bertz CT molecular complexity index is 1360. The van der Waals surface area contributed by atoms with Crippen molar-refractivity contribution in [1.29, 1.82) is 0 Å². The molecule has 8 nitrogen and oxygen atoms in total. The Kier molecular flexibility index (Phi) is 7.88. The maximum absolute atomic E-state index is 13.2. The minimum Gasteiger partial charge on any atom is -0.497 e. The Morgan fingerprint density at radius 1 is 0.919 bits per heavy atom. The molecule has 4 aromatic rings. The quantitative estimate of drug-likeness (QED) is 0.349. The first-order valence-electron chi connectivity index (χ1n) is 11.9. The van der Waals surface area contributed by atoms with Crippen molar-refractivity contribution in [3.63, 3.8) is 0 Å². The summed E-state index contributed by atoms with van der Waals surface area (Å²) in [5.74, 6) is 1.08. The molecule has 2 amide bonds. The number of imidazole rings is 1. The van der Waals surface area contributed by atoms with E-state index in [1.807, 2.05) is 79.2 Å². The van der Waals surface area contributed by atoms with Gasteiger partial charge in [-0.05, 0) is 68.4 Å². The van der Waals surface area contributed by atoms with E-state index in [2.05, 4.69) is 5.32 Å². The van der Waals surface area contributed by atoms with Gasteiger partial charge < -0.3 is 14.4 Å². The van der Waals surface area contributed by atoms with Crippen LogP contribution in [-0.4, -0.2) is 53.1 Å². The molecule has 0 atom stereocenters. The first-order chi connectivity index (χ1) is 17.9. The number of nitrogens with zero attached hydrogens (tertiary/aromatic N) is 3. The average molecular weight is 499 g/mol. The summed E-state index contributed by atoms with van der Waals surface area (Å²) >= 11 is 0. The van der Waals surface area contributed by atoms with Crippen LogP contribution in [0.2, 0.25) is 0 Å². The normalized spacial score (nSPS) is 10.7. The number of methoxy groups -OCH3 is 2. The molecular formula is C29H30N4O4. The maximum Gasteiger partial charge on any atom is 0.254 e. The molecule has 0 radical (unpaired) electrons. The lowest BCUT2D eigenvalue weighted by Gasteiger charge is -2.26. The molecule has 0 aliphatic heterocycles. The van der Waals surface area contributed by atoms with Crippen LogP contribution in [0.3, 0.4) is 0 Å².